The molecule has 36 heavy (non-hydrogen) atoms. The molecule has 8 atom stereocenters. The minimum atomic E-state index is -6.16. The Morgan fingerprint density at radius 3 is 2.31 bits per heavy atom. The molecule has 4 aliphatic rings. The molecule has 0 aliphatic heterocycles. The normalized spacial score (nSPS) is 39.8. The van der Waals surface area contributed by atoms with Crippen LogP contribution in [0, 0.1) is 34.5 Å². The molecule has 0 aromatic heterocycles. The minimum absolute atomic E-state index is 0.00293. The number of alkyl halides is 7. The number of hydrogen-bond acceptors (Lipinski definition) is 2. The first-order valence-electron chi connectivity index (χ1n) is 13.6. The van der Waals surface area contributed by atoms with E-state index in [0.29, 0.717) is 12.3 Å². The Balaban J connectivity index is 1.55. The zero-order valence-electron chi connectivity index (χ0n) is 22.0. The van der Waals surface area contributed by atoms with Gasteiger partial charge in [0.05, 0.1) is 6.10 Å². The predicted octanol–water partition coefficient (Wildman–Crippen LogP) is 7.89. The van der Waals surface area contributed by atoms with Crippen LogP contribution in [0.2, 0.25) is 0 Å². The number of Topliss-reactive ketones (excluding diaryl/α,β-unsaturated/α-hetero) is 1. The molecule has 0 heterocycles. The average molecular weight is 529 g/mol. The van der Waals surface area contributed by atoms with E-state index in [1.165, 1.54) is 0 Å². The van der Waals surface area contributed by atoms with Gasteiger partial charge in [0, 0.05) is 13.4 Å². The van der Waals surface area contributed by atoms with Crippen LogP contribution in [0.5, 0.6) is 0 Å². The van der Waals surface area contributed by atoms with E-state index < -0.39 is 42.2 Å². The van der Waals surface area contributed by atoms with E-state index in [1.54, 1.807) is 6.92 Å². The zero-order chi connectivity index (χ0) is 27.8. The Hall–Kier alpha value is -1.12. The largest absolute Gasteiger partial charge is 0.431 e. The Kier molecular flexibility index (Phi) is 6.60. The summed E-state index contributed by atoms with van der Waals surface area (Å²) in [5, 5.41) is 10.2. The van der Waals surface area contributed by atoms with Crippen LogP contribution >= 0.6 is 0 Å². The minimum Gasteiger partial charge on any atom is -0.393 e. The summed E-state index contributed by atoms with van der Waals surface area (Å²) >= 11 is 0. The van der Waals surface area contributed by atoms with Gasteiger partial charge in [-0.15, -0.1) is 0 Å². The molecule has 4 aliphatic carbocycles. The van der Waals surface area contributed by atoms with Crippen molar-refractivity contribution in [1.29, 1.82) is 0 Å². The van der Waals surface area contributed by atoms with Gasteiger partial charge < -0.3 is 5.11 Å². The molecule has 2 nitrogen and oxygen atoms in total. The van der Waals surface area contributed by atoms with Gasteiger partial charge in [-0.1, -0.05) is 32.8 Å². The van der Waals surface area contributed by atoms with Crippen LogP contribution in [0.15, 0.2) is 11.1 Å². The van der Waals surface area contributed by atoms with Gasteiger partial charge >= 0.3 is 12.4 Å². The van der Waals surface area contributed by atoms with E-state index in [9.17, 15) is 40.6 Å². The smallest absolute Gasteiger partial charge is 0.393 e. The van der Waals surface area contributed by atoms with Gasteiger partial charge in [-0.25, -0.2) is 4.39 Å². The number of fused-ring (bicyclic) bond motifs is 4. The summed E-state index contributed by atoms with van der Waals surface area (Å²) in [5.74, 6) is -0.235. The number of hydrogen-bond donors (Lipinski definition) is 1. The van der Waals surface area contributed by atoms with Crippen LogP contribution in [0.1, 0.15) is 92.7 Å². The average Bonchev–Trinajstić information content (AvgIpc) is 3.03. The quantitative estimate of drug-likeness (QED) is 0.369. The van der Waals surface area contributed by atoms with Gasteiger partial charge in [0.2, 0.25) is 0 Å². The lowest BCUT2D eigenvalue weighted by atomic mass is 9.48. The summed E-state index contributed by atoms with van der Waals surface area (Å²) in [7, 11) is 0. The Bertz CT molecular complexity index is 930. The molecule has 4 rings (SSSR count). The Labute approximate surface area is 209 Å². The molecule has 0 spiro atoms. The fraction of sp³-hybridized carbons (Fsp3) is 0.889. The number of ketones is 1. The molecule has 0 bridgehead atoms. The number of rotatable bonds is 5. The molecular weight excluding hydrogens is 489 g/mol. The highest BCUT2D eigenvalue weighted by Crippen LogP contribution is 2.65. The topological polar surface area (TPSA) is 37.3 Å². The van der Waals surface area contributed by atoms with E-state index in [4.69, 9.17) is 1.37 Å². The molecule has 0 saturated heterocycles. The first-order chi connectivity index (χ1) is 16.8. The maximum Gasteiger partial charge on any atom is 0.431 e. The number of carbonyl (C=O) groups excluding carboxylic acids is 1. The van der Waals surface area contributed by atoms with E-state index in [2.05, 4.69) is 6.92 Å². The molecule has 0 unspecified atom stereocenters. The second-order valence-corrected chi connectivity index (χ2v) is 12.3. The Morgan fingerprint density at radius 2 is 1.69 bits per heavy atom. The van der Waals surface area contributed by atoms with Crippen LogP contribution in [-0.4, -0.2) is 35.0 Å². The fourth-order valence-corrected chi connectivity index (χ4v) is 8.27. The molecule has 3 fully saturated rings. The van der Waals surface area contributed by atoms with Crippen LogP contribution in [0.4, 0.5) is 30.7 Å². The predicted molar refractivity (Wildman–Crippen MR) is 121 cm³/mol. The van der Waals surface area contributed by atoms with Gasteiger partial charge in [0.15, 0.2) is 5.78 Å². The third kappa shape index (κ3) is 4.23. The molecule has 0 aromatic rings. The van der Waals surface area contributed by atoms with Crippen molar-refractivity contribution >= 4 is 5.78 Å². The van der Waals surface area contributed by atoms with E-state index >= 15 is 0 Å². The zero-order valence-corrected chi connectivity index (χ0v) is 21.0. The summed E-state index contributed by atoms with van der Waals surface area (Å²) in [6, 6.07) is 0. The standard InChI is InChI=1S/C27H37F7O2/c1-15(5-4-10-25(28,26(29,30)31)27(32,33)34)20-14-21(36)22-18-7-6-16-13-17(35)8-11-23(16,2)19(18)9-12-24(20,22)3/h15-17,19-20,35H,4-14H2,1-3H3/t15-,16+,17+,19+,20-,23+,24-/m1/s1/i4T/t4-,15+,16-,17-,19-,20+,23-,24+/m0. The number of aliphatic hydroxyl groups is 1. The highest BCUT2D eigenvalue weighted by Gasteiger charge is 2.71. The van der Waals surface area contributed by atoms with Crippen molar-refractivity contribution in [1.82, 2.24) is 0 Å². The maximum absolute atomic E-state index is 14.2. The number of aliphatic hydroxyl groups excluding tert-OH is 1. The molecule has 0 amide bonds. The summed E-state index contributed by atoms with van der Waals surface area (Å²) in [5.41, 5.74) is -4.05. The highest BCUT2D eigenvalue weighted by atomic mass is 19.4. The van der Waals surface area contributed by atoms with Crippen molar-refractivity contribution in [3.05, 3.63) is 11.1 Å². The Morgan fingerprint density at radius 1 is 1.06 bits per heavy atom. The van der Waals surface area contributed by atoms with Gasteiger partial charge in [0.1, 0.15) is 0 Å². The van der Waals surface area contributed by atoms with E-state index in [1.807, 2.05) is 6.92 Å². The van der Waals surface area contributed by atoms with Crippen molar-refractivity contribution in [3.8, 4) is 0 Å². The van der Waals surface area contributed by atoms with Crippen molar-refractivity contribution < 1.29 is 42.0 Å². The lowest BCUT2D eigenvalue weighted by Crippen LogP contribution is -2.53. The van der Waals surface area contributed by atoms with Gasteiger partial charge in [-0.2, -0.15) is 26.3 Å². The van der Waals surface area contributed by atoms with Gasteiger partial charge in [0.25, 0.3) is 5.67 Å². The second kappa shape index (κ2) is 8.98. The lowest BCUT2D eigenvalue weighted by Gasteiger charge is -2.56. The molecular formula is C27H37F7O2. The molecule has 1 N–H and O–H groups in total. The van der Waals surface area contributed by atoms with E-state index in [-0.39, 0.29) is 42.0 Å². The van der Waals surface area contributed by atoms with Crippen molar-refractivity contribution in [2.24, 2.45) is 34.5 Å². The molecule has 3 saturated carbocycles. The van der Waals surface area contributed by atoms with Crippen molar-refractivity contribution in [3.63, 3.8) is 0 Å². The monoisotopic (exact) mass is 528 g/mol. The van der Waals surface area contributed by atoms with E-state index in [0.717, 1.165) is 49.7 Å². The second-order valence-electron chi connectivity index (χ2n) is 12.3. The third-order valence-corrected chi connectivity index (χ3v) is 10.4. The van der Waals surface area contributed by atoms with Crippen LogP contribution in [0.3, 0.4) is 0 Å². The third-order valence-electron chi connectivity index (χ3n) is 10.4. The first kappa shape index (κ1) is 26.5. The summed E-state index contributed by atoms with van der Waals surface area (Å²) < 4.78 is 100. The van der Waals surface area contributed by atoms with Gasteiger partial charge in [-0.3, -0.25) is 4.79 Å². The molecule has 0 aromatic carbocycles. The SMILES string of the molecule is [3H][C@@H](C[C@@H](C)[C@H]1CC(=O)C2=C3CC[C@H]4C[C@@H](O)CC[C@]4(C)[C@H]3CC[C@@]21C)CC(F)(C(F)(F)F)C(F)(F)F. The highest BCUT2D eigenvalue weighted by molar-refractivity contribution is 6.00. The van der Waals surface area contributed by atoms with Gasteiger partial charge in [-0.05, 0) is 92.3 Å². The number of allylic oxidation sites excluding steroid dienone is 2. The number of carbonyl (C=O) groups is 1. The maximum atomic E-state index is 14.2. The van der Waals surface area contributed by atoms with Crippen LogP contribution in [0.25, 0.3) is 0 Å². The van der Waals surface area contributed by atoms with Crippen molar-refractivity contribution in [2.45, 2.75) is 116 Å². The lowest BCUT2D eigenvalue weighted by molar-refractivity contribution is -0.343. The molecule has 9 heteroatoms. The fourth-order valence-electron chi connectivity index (χ4n) is 8.27. The molecule has 0 radical (unpaired) electrons. The van der Waals surface area contributed by atoms with Crippen molar-refractivity contribution in [2.75, 3.05) is 0 Å². The molecule has 206 valence electrons. The summed E-state index contributed by atoms with van der Waals surface area (Å²) in [6.07, 6.45) is -11.2. The summed E-state index contributed by atoms with van der Waals surface area (Å²) in [6.45, 7) is 5.89. The first-order valence-corrected chi connectivity index (χ1v) is 13.0. The van der Waals surface area contributed by atoms with Crippen LogP contribution in [-0.2, 0) is 4.79 Å². The van der Waals surface area contributed by atoms with Crippen LogP contribution < -0.4 is 0 Å². The number of halogens is 7. The summed E-state index contributed by atoms with van der Waals surface area (Å²) in [4.78, 5) is 13.4.